The third kappa shape index (κ3) is 5.58. The summed E-state index contributed by atoms with van der Waals surface area (Å²) in [6.07, 6.45) is 5.54. The Kier molecular flexibility index (Phi) is 6.91. The topological polar surface area (TPSA) is 106 Å². The second-order valence-electron chi connectivity index (χ2n) is 5.33. The van der Waals surface area contributed by atoms with E-state index in [1.54, 1.807) is 0 Å². The number of benzene rings is 1. The molecule has 0 aromatic heterocycles. The zero-order valence-corrected chi connectivity index (χ0v) is 14.1. The molecule has 7 heteroatoms. The highest BCUT2D eigenvalue weighted by Gasteiger charge is 2.10. The first-order valence-corrected chi connectivity index (χ1v) is 7.94. The number of nitrogens with one attached hydrogen (secondary N) is 2. The van der Waals surface area contributed by atoms with Crippen LogP contribution < -0.4 is 16.4 Å². The number of rotatable bonds is 6. The Labute approximate surface area is 146 Å². The van der Waals surface area contributed by atoms with E-state index in [9.17, 15) is 9.59 Å². The third-order valence-corrected chi connectivity index (χ3v) is 3.64. The fraction of sp³-hybridized carbons (Fsp3) is 0.278. The van der Waals surface area contributed by atoms with Crippen molar-refractivity contribution in [3.05, 3.63) is 48.2 Å². The first-order chi connectivity index (χ1) is 12.1. The van der Waals surface area contributed by atoms with E-state index in [4.69, 9.17) is 10.5 Å². The molecule has 2 amide bonds. The van der Waals surface area contributed by atoms with Crippen LogP contribution in [0.1, 0.15) is 12.0 Å². The summed E-state index contributed by atoms with van der Waals surface area (Å²) >= 11 is 0. The molecule has 4 N–H and O–H groups in total. The Morgan fingerprint density at radius 3 is 2.68 bits per heavy atom. The largest absolute Gasteiger partial charge is 0.405 e. The minimum atomic E-state index is -0.457. The lowest BCUT2D eigenvalue weighted by Gasteiger charge is -2.14. The zero-order chi connectivity index (χ0) is 18.1. The molecule has 1 heterocycles. The van der Waals surface area contributed by atoms with Gasteiger partial charge in [0, 0.05) is 12.7 Å². The fourth-order valence-electron chi connectivity index (χ4n) is 2.36. The normalized spacial score (nSPS) is 14.9. The summed E-state index contributed by atoms with van der Waals surface area (Å²) < 4.78 is 5.30. The standard InChI is InChI=1S/C18H22N4O3/c1-20-16(6-9-19)18(24)21-12-17(23)22-15-4-2-13(3-5-15)14-7-10-25-11-8-14/h2-7,9H,8,10-12,19H2,1H3,(H,21,24)(H,22,23). The van der Waals surface area contributed by atoms with Gasteiger partial charge in [-0.15, -0.1) is 0 Å². The van der Waals surface area contributed by atoms with Crippen molar-refractivity contribution in [3.63, 3.8) is 0 Å². The van der Waals surface area contributed by atoms with Gasteiger partial charge in [-0.3, -0.25) is 14.6 Å². The number of nitrogens with two attached hydrogens (primary N) is 1. The Balaban J connectivity index is 1.86. The van der Waals surface area contributed by atoms with Crippen LogP contribution in [0, 0.1) is 0 Å². The molecule has 1 aliphatic rings. The van der Waals surface area contributed by atoms with Crippen LogP contribution >= 0.6 is 0 Å². The van der Waals surface area contributed by atoms with Crippen molar-refractivity contribution in [2.24, 2.45) is 10.7 Å². The van der Waals surface area contributed by atoms with Crippen molar-refractivity contribution in [3.8, 4) is 0 Å². The molecule has 0 atom stereocenters. The van der Waals surface area contributed by atoms with Crippen molar-refractivity contribution in [1.29, 1.82) is 0 Å². The lowest BCUT2D eigenvalue weighted by molar-refractivity contribution is -0.120. The maximum atomic E-state index is 11.9. The Morgan fingerprint density at radius 2 is 2.08 bits per heavy atom. The number of carbonyl (C=O) groups excluding carboxylic acids is 2. The number of hydrogen-bond acceptors (Lipinski definition) is 5. The van der Waals surface area contributed by atoms with Crippen LogP contribution in [0.15, 0.2) is 47.6 Å². The monoisotopic (exact) mass is 342 g/mol. The van der Waals surface area contributed by atoms with Crippen LogP contribution in [0.4, 0.5) is 5.69 Å². The predicted molar refractivity (Wildman–Crippen MR) is 98.2 cm³/mol. The van der Waals surface area contributed by atoms with Crippen molar-refractivity contribution in [2.75, 3.05) is 32.1 Å². The second-order valence-corrected chi connectivity index (χ2v) is 5.33. The molecule has 132 valence electrons. The number of amides is 2. The van der Waals surface area contributed by atoms with Gasteiger partial charge in [0.2, 0.25) is 5.91 Å². The molecule has 1 aliphatic heterocycles. The van der Waals surface area contributed by atoms with Crippen LogP contribution in [0.2, 0.25) is 0 Å². The van der Waals surface area contributed by atoms with Gasteiger partial charge in [0.15, 0.2) is 0 Å². The van der Waals surface area contributed by atoms with Gasteiger partial charge in [-0.05, 0) is 42.0 Å². The number of ether oxygens (including phenoxy) is 1. The summed E-state index contributed by atoms with van der Waals surface area (Å²) in [5.41, 5.74) is 8.42. The maximum absolute atomic E-state index is 11.9. The van der Waals surface area contributed by atoms with E-state index in [1.807, 2.05) is 24.3 Å². The summed E-state index contributed by atoms with van der Waals surface area (Å²) in [6, 6.07) is 7.58. The van der Waals surface area contributed by atoms with Gasteiger partial charge < -0.3 is 21.1 Å². The molecule has 7 nitrogen and oxygen atoms in total. The predicted octanol–water partition coefficient (Wildman–Crippen LogP) is 1.09. The van der Waals surface area contributed by atoms with Crippen LogP contribution in [-0.2, 0) is 14.3 Å². The number of carbonyl (C=O) groups is 2. The quantitative estimate of drug-likeness (QED) is 0.673. The molecule has 0 radical (unpaired) electrons. The van der Waals surface area contributed by atoms with Crippen molar-refractivity contribution in [1.82, 2.24) is 5.32 Å². The van der Waals surface area contributed by atoms with Crippen LogP contribution in [0.3, 0.4) is 0 Å². The van der Waals surface area contributed by atoms with Gasteiger partial charge in [-0.1, -0.05) is 18.2 Å². The van der Waals surface area contributed by atoms with E-state index in [0.717, 1.165) is 18.6 Å². The smallest absolute Gasteiger partial charge is 0.269 e. The van der Waals surface area contributed by atoms with Crippen molar-refractivity contribution < 1.29 is 14.3 Å². The van der Waals surface area contributed by atoms with Crippen molar-refractivity contribution in [2.45, 2.75) is 6.42 Å². The second kappa shape index (κ2) is 9.39. The van der Waals surface area contributed by atoms with Crippen molar-refractivity contribution >= 4 is 28.8 Å². The highest BCUT2D eigenvalue weighted by atomic mass is 16.5. The highest BCUT2D eigenvalue weighted by Crippen LogP contribution is 2.22. The molecule has 25 heavy (non-hydrogen) atoms. The Bertz CT molecular complexity index is 706. The molecule has 0 fully saturated rings. The van der Waals surface area contributed by atoms with Gasteiger partial charge >= 0.3 is 0 Å². The minimum Gasteiger partial charge on any atom is -0.405 e. The van der Waals surface area contributed by atoms with E-state index in [1.165, 1.54) is 24.9 Å². The van der Waals surface area contributed by atoms with E-state index in [-0.39, 0.29) is 18.2 Å². The van der Waals surface area contributed by atoms with Gasteiger partial charge in [0.25, 0.3) is 5.91 Å². The molecule has 0 spiro atoms. The summed E-state index contributed by atoms with van der Waals surface area (Å²) in [5.74, 6) is -0.778. The molecular formula is C18H22N4O3. The van der Waals surface area contributed by atoms with E-state index in [2.05, 4.69) is 21.7 Å². The summed E-state index contributed by atoms with van der Waals surface area (Å²) in [6.45, 7) is 1.21. The van der Waals surface area contributed by atoms with Crippen LogP contribution in [0.25, 0.3) is 5.57 Å². The SMILES string of the molecule is CN=C(C=CN)C(=O)NCC(=O)Nc1ccc(C2=CCOCC2)cc1. The molecule has 0 aliphatic carbocycles. The number of aliphatic imine (C=N–C) groups is 1. The highest BCUT2D eigenvalue weighted by molar-refractivity contribution is 6.43. The summed E-state index contributed by atoms with van der Waals surface area (Å²) in [5, 5.41) is 5.23. The molecule has 1 aromatic carbocycles. The lowest BCUT2D eigenvalue weighted by atomic mass is 10.0. The molecule has 0 saturated carbocycles. The maximum Gasteiger partial charge on any atom is 0.269 e. The molecule has 1 aromatic rings. The summed E-state index contributed by atoms with van der Waals surface area (Å²) in [4.78, 5) is 27.5. The minimum absolute atomic E-state index is 0.152. The van der Waals surface area contributed by atoms with Crippen LogP contribution in [-0.4, -0.2) is 44.3 Å². The zero-order valence-electron chi connectivity index (χ0n) is 14.1. The molecular weight excluding hydrogens is 320 g/mol. The number of nitrogens with zero attached hydrogens (tertiary/aromatic N) is 1. The lowest BCUT2D eigenvalue weighted by Crippen LogP contribution is -2.36. The van der Waals surface area contributed by atoms with E-state index >= 15 is 0 Å². The third-order valence-electron chi connectivity index (χ3n) is 3.64. The van der Waals surface area contributed by atoms with Gasteiger partial charge in [0.05, 0.1) is 19.8 Å². The van der Waals surface area contributed by atoms with Gasteiger partial charge in [-0.25, -0.2) is 0 Å². The molecule has 0 unspecified atom stereocenters. The summed E-state index contributed by atoms with van der Waals surface area (Å²) in [7, 11) is 1.48. The first kappa shape index (κ1) is 18.4. The van der Waals surface area contributed by atoms with Gasteiger partial charge in [-0.2, -0.15) is 0 Å². The molecule has 0 bridgehead atoms. The molecule has 0 saturated heterocycles. The average Bonchev–Trinajstić information content (AvgIpc) is 2.65. The van der Waals surface area contributed by atoms with E-state index in [0.29, 0.717) is 12.3 Å². The number of hydrogen-bond donors (Lipinski definition) is 3. The molecule has 2 rings (SSSR count). The van der Waals surface area contributed by atoms with Gasteiger partial charge in [0.1, 0.15) is 5.71 Å². The Hall–Kier alpha value is -2.93. The van der Waals surface area contributed by atoms with Crippen LogP contribution in [0.5, 0.6) is 0 Å². The Morgan fingerprint density at radius 1 is 1.32 bits per heavy atom. The first-order valence-electron chi connectivity index (χ1n) is 7.94. The van der Waals surface area contributed by atoms with E-state index < -0.39 is 5.91 Å². The number of anilines is 1. The fourth-order valence-corrected chi connectivity index (χ4v) is 2.36. The average molecular weight is 342 g/mol.